The van der Waals surface area contributed by atoms with Crippen LogP contribution in [0.25, 0.3) is 0 Å². The summed E-state index contributed by atoms with van der Waals surface area (Å²) in [4.78, 5) is 10.1. The van der Waals surface area contributed by atoms with Gasteiger partial charge < -0.3 is 10.2 Å². The molecule has 0 aromatic heterocycles. The van der Waals surface area contributed by atoms with E-state index in [2.05, 4.69) is 107 Å². The summed E-state index contributed by atoms with van der Waals surface area (Å²) in [6.45, 7) is 26.0. The average Bonchev–Trinajstić information content (AvgIpc) is 2.80. The maximum absolute atomic E-state index is 11.2. The Balaban J connectivity index is 2.00. The number of nitrogens with zero attached hydrogens (tertiary/aromatic N) is 2. The molecule has 1 aliphatic rings. The average molecular weight is 547 g/mol. The summed E-state index contributed by atoms with van der Waals surface area (Å²) >= 11 is 0. The summed E-state index contributed by atoms with van der Waals surface area (Å²) in [5.41, 5.74) is 5.39. The molecule has 3 rings (SSSR count). The van der Waals surface area contributed by atoms with Gasteiger partial charge in [-0.2, -0.15) is 0 Å². The van der Waals surface area contributed by atoms with Crippen LogP contribution in [0.2, 0.25) is 0 Å². The van der Waals surface area contributed by atoms with Gasteiger partial charge in [0, 0.05) is 34.7 Å². The predicted octanol–water partition coefficient (Wildman–Crippen LogP) is 9.14. The lowest BCUT2D eigenvalue weighted by atomic mass is 9.79. The standard InChI is InChI=1S/C36H54N2O2/c1-33(2,3)25-17-23(31(39)27(19-25)35(7,8)9)21-37-29-15-13-14-16-30(29)38-22-24-18-26(34(4,5)6)20-28(32(24)40)36(10,11)12/h17-22,29-30,39-40H,13-16H2,1-12H3/b37-21+,38-22+. The first kappa shape index (κ1) is 31.9. The molecule has 2 unspecified atom stereocenters. The van der Waals surface area contributed by atoms with Gasteiger partial charge in [0.05, 0.1) is 12.1 Å². The first-order chi connectivity index (χ1) is 18.2. The van der Waals surface area contributed by atoms with Crippen LogP contribution in [0, 0.1) is 0 Å². The molecule has 2 N–H and O–H groups in total. The summed E-state index contributed by atoms with van der Waals surface area (Å²) in [5.74, 6) is 0.637. The van der Waals surface area contributed by atoms with Crippen LogP contribution in [0.1, 0.15) is 142 Å². The predicted molar refractivity (Wildman–Crippen MR) is 172 cm³/mol. The fraction of sp³-hybridized carbons (Fsp3) is 0.611. The fourth-order valence-electron chi connectivity index (χ4n) is 5.31. The van der Waals surface area contributed by atoms with Gasteiger partial charge in [-0.15, -0.1) is 0 Å². The van der Waals surface area contributed by atoms with Gasteiger partial charge >= 0.3 is 0 Å². The zero-order valence-corrected chi connectivity index (χ0v) is 27.2. The summed E-state index contributed by atoms with van der Waals surface area (Å²) in [6.07, 6.45) is 7.90. The zero-order chi connectivity index (χ0) is 30.3. The molecular formula is C36H54N2O2. The van der Waals surface area contributed by atoms with Crippen molar-refractivity contribution in [2.75, 3.05) is 0 Å². The fourth-order valence-corrected chi connectivity index (χ4v) is 5.31. The molecule has 220 valence electrons. The third kappa shape index (κ3) is 7.56. The second-order valence-corrected chi connectivity index (χ2v) is 15.9. The third-order valence-corrected chi connectivity index (χ3v) is 8.13. The number of aromatic hydroxyl groups is 2. The highest BCUT2D eigenvalue weighted by Gasteiger charge is 2.28. The lowest BCUT2D eigenvalue weighted by molar-refractivity contribution is 0.389. The van der Waals surface area contributed by atoms with E-state index < -0.39 is 0 Å². The molecule has 0 amide bonds. The maximum Gasteiger partial charge on any atom is 0.128 e. The van der Waals surface area contributed by atoms with E-state index in [1.165, 1.54) is 11.1 Å². The number of benzene rings is 2. The molecule has 2 aromatic rings. The van der Waals surface area contributed by atoms with Crippen LogP contribution in [0.3, 0.4) is 0 Å². The lowest BCUT2D eigenvalue weighted by Gasteiger charge is -2.28. The number of phenols is 2. The molecule has 0 spiro atoms. The number of rotatable bonds is 4. The van der Waals surface area contributed by atoms with Crippen molar-refractivity contribution < 1.29 is 10.2 Å². The summed E-state index contributed by atoms with van der Waals surface area (Å²) in [5, 5.41) is 22.5. The SMILES string of the molecule is CC(C)(C)c1cc(/C=N/C2CCCCC2/N=C/c2cc(C(C)(C)C)cc(C(C)(C)C)c2O)c(O)c(C(C)(C)C)c1. The molecule has 4 heteroatoms. The van der Waals surface area contributed by atoms with Crippen LogP contribution in [0.5, 0.6) is 11.5 Å². The molecule has 4 nitrogen and oxygen atoms in total. The first-order valence-electron chi connectivity index (χ1n) is 15.0. The molecule has 0 bridgehead atoms. The quantitative estimate of drug-likeness (QED) is 0.376. The van der Waals surface area contributed by atoms with E-state index in [-0.39, 0.29) is 33.7 Å². The Morgan fingerprint density at radius 2 is 0.875 bits per heavy atom. The van der Waals surface area contributed by atoms with E-state index in [0.717, 1.165) is 47.9 Å². The summed E-state index contributed by atoms with van der Waals surface area (Å²) in [7, 11) is 0. The van der Waals surface area contributed by atoms with Crippen LogP contribution in [0.15, 0.2) is 34.3 Å². The molecule has 40 heavy (non-hydrogen) atoms. The molecule has 2 atom stereocenters. The Morgan fingerprint density at radius 1 is 0.550 bits per heavy atom. The van der Waals surface area contributed by atoms with Gasteiger partial charge in [-0.1, -0.05) is 108 Å². The van der Waals surface area contributed by atoms with Crippen LogP contribution in [0.4, 0.5) is 0 Å². The van der Waals surface area contributed by atoms with E-state index >= 15 is 0 Å². The highest BCUT2D eigenvalue weighted by Crippen LogP contribution is 2.39. The molecular weight excluding hydrogens is 492 g/mol. The Hall–Kier alpha value is -2.62. The van der Waals surface area contributed by atoms with E-state index in [4.69, 9.17) is 9.98 Å². The minimum absolute atomic E-state index is 0.0378. The molecule has 0 aliphatic heterocycles. The van der Waals surface area contributed by atoms with Crippen molar-refractivity contribution in [1.29, 1.82) is 0 Å². The molecule has 1 aliphatic carbocycles. The van der Waals surface area contributed by atoms with Crippen molar-refractivity contribution in [3.63, 3.8) is 0 Å². The van der Waals surface area contributed by atoms with Gasteiger partial charge in [0.15, 0.2) is 0 Å². The molecule has 0 saturated heterocycles. The normalized spacial score (nSPS) is 19.6. The molecule has 1 saturated carbocycles. The van der Waals surface area contributed by atoms with Gasteiger partial charge in [-0.05, 0) is 57.8 Å². The van der Waals surface area contributed by atoms with Crippen LogP contribution in [-0.2, 0) is 21.7 Å². The minimum Gasteiger partial charge on any atom is -0.507 e. The molecule has 0 radical (unpaired) electrons. The van der Waals surface area contributed by atoms with Crippen molar-refractivity contribution in [3.05, 3.63) is 57.6 Å². The molecule has 2 aromatic carbocycles. The van der Waals surface area contributed by atoms with Crippen molar-refractivity contribution in [1.82, 2.24) is 0 Å². The van der Waals surface area contributed by atoms with Crippen molar-refractivity contribution in [2.45, 2.75) is 143 Å². The number of hydrogen-bond donors (Lipinski definition) is 2. The van der Waals surface area contributed by atoms with Gasteiger partial charge in [0.25, 0.3) is 0 Å². The second-order valence-electron chi connectivity index (χ2n) is 15.9. The zero-order valence-electron chi connectivity index (χ0n) is 27.2. The number of hydrogen-bond acceptors (Lipinski definition) is 4. The Bertz CT molecular complexity index is 1160. The highest BCUT2D eigenvalue weighted by atomic mass is 16.3. The van der Waals surface area contributed by atoms with Crippen molar-refractivity contribution in [2.24, 2.45) is 9.98 Å². The van der Waals surface area contributed by atoms with E-state index in [1.54, 1.807) is 0 Å². The van der Waals surface area contributed by atoms with Crippen LogP contribution < -0.4 is 0 Å². The Kier molecular flexibility index (Phi) is 9.04. The minimum atomic E-state index is -0.179. The molecule has 0 heterocycles. The Labute approximate surface area is 244 Å². The first-order valence-corrected chi connectivity index (χ1v) is 15.0. The van der Waals surface area contributed by atoms with Crippen molar-refractivity contribution >= 4 is 12.4 Å². The second kappa shape index (κ2) is 11.3. The number of phenolic OH excluding ortho intramolecular Hbond substituents is 2. The van der Waals surface area contributed by atoms with Gasteiger partial charge in [-0.25, -0.2) is 0 Å². The maximum atomic E-state index is 11.2. The van der Waals surface area contributed by atoms with Crippen LogP contribution >= 0.6 is 0 Å². The summed E-state index contributed by atoms with van der Waals surface area (Å²) in [6, 6.07) is 8.53. The smallest absolute Gasteiger partial charge is 0.128 e. The van der Waals surface area contributed by atoms with E-state index in [1.807, 2.05) is 12.4 Å². The van der Waals surface area contributed by atoms with E-state index in [9.17, 15) is 10.2 Å². The molecule has 1 fully saturated rings. The highest BCUT2D eigenvalue weighted by molar-refractivity contribution is 5.86. The topological polar surface area (TPSA) is 65.2 Å². The van der Waals surface area contributed by atoms with Crippen molar-refractivity contribution in [3.8, 4) is 11.5 Å². The van der Waals surface area contributed by atoms with Gasteiger partial charge in [-0.3, -0.25) is 9.98 Å². The largest absolute Gasteiger partial charge is 0.507 e. The van der Waals surface area contributed by atoms with Crippen LogP contribution in [-0.4, -0.2) is 34.7 Å². The lowest BCUT2D eigenvalue weighted by Crippen LogP contribution is -2.27. The third-order valence-electron chi connectivity index (χ3n) is 8.13. The van der Waals surface area contributed by atoms with E-state index in [0.29, 0.717) is 11.5 Å². The monoisotopic (exact) mass is 546 g/mol. The number of aliphatic imine (C=N–C) groups is 2. The summed E-state index contributed by atoms with van der Waals surface area (Å²) < 4.78 is 0. The van der Waals surface area contributed by atoms with Gasteiger partial charge in [0.2, 0.25) is 0 Å². The Morgan fingerprint density at radius 3 is 1.15 bits per heavy atom. The van der Waals surface area contributed by atoms with Gasteiger partial charge in [0.1, 0.15) is 11.5 Å².